The van der Waals surface area contributed by atoms with Crippen molar-refractivity contribution in [1.82, 2.24) is 15.1 Å². The van der Waals surface area contributed by atoms with Gasteiger partial charge in [0.1, 0.15) is 11.5 Å². The molecule has 8 nitrogen and oxygen atoms in total. The molecule has 3 amide bonds. The molecule has 4 rings (SSSR count). The number of furan rings is 1. The van der Waals surface area contributed by atoms with E-state index in [-0.39, 0.29) is 48.6 Å². The van der Waals surface area contributed by atoms with Crippen molar-refractivity contribution in [3.05, 3.63) is 23.7 Å². The highest BCUT2D eigenvalue weighted by Gasteiger charge is 2.47. The molecule has 3 heterocycles. The van der Waals surface area contributed by atoms with Gasteiger partial charge >= 0.3 is 0 Å². The Kier molecular flexibility index (Phi) is 6.53. The van der Waals surface area contributed by atoms with Crippen molar-refractivity contribution >= 4 is 17.7 Å². The molecule has 3 atom stereocenters. The molecule has 2 saturated heterocycles. The number of morpholine rings is 1. The zero-order valence-electron chi connectivity index (χ0n) is 17.6. The minimum Gasteiger partial charge on any atom is -0.465 e. The van der Waals surface area contributed by atoms with Crippen LogP contribution >= 0.6 is 0 Å². The Morgan fingerprint density at radius 2 is 1.80 bits per heavy atom. The second-order valence-corrected chi connectivity index (χ2v) is 8.49. The summed E-state index contributed by atoms with van der Waals surface area (Å²) in [5.41, 5.74) is 0. The largest absolute Gasteiger partial charge is 0.465 e. The van der Waals surface area contributed by atoms with Crippen LogP contribution in [-0.4, -0.2) is 66.9 Å². The third-order valence-electron chi connectivity index (χ3n) is 6.56. The maximum absolute atomic E-state index is 12.6. The number of carbonyl (C=O) groups is 3. The molecule has 0 aromatic carbocycles. The summed E-state index contributed by atoms with van der Waals surface area (Å²) in [6.45, 7) is 5.36. The number of likely N-dealkylation sites (tertiary alicyclic amines) is 1. The highest BCUT2D eigenvalue weighted by Crippen LogP contribution is 2.38. The standard InChI is InChI=1S/C22H31N3O5/c1-15-6-7-19(30-15)18(24-10-12-29-13-11-24)14-23-20(26)8-9-25-21(27)16-4-2-3-5-17(16)22(25)28/h6-7,16-18H,2-5,8-14H2,1H3,(H,23,26)/t16-,17+,18-/m1/s1. The zero-order chi connectivity index (χ0) is 21.1. The topological polar surface area (TPSA) is 92.1 Å². The molecule has 3 aliphatic rings. The average molecular weight is 418 g/mol. The minimum atomic E-state index is -0.165. The van der Waals surface area contributed by atoms with Gasteiger partial charge in [0.25, 0.3) is 0 Å². The number of hydrogen-bond donors (Lipinski definition) is 1. The number of imide groups is 1. The summed E-state index contributed by atoms with van der Waals surface area (Å²) in [6, 6.07) is 3.81. The van der Waals surface area contributed by atoms with Crippen LogP contribution in [0, 0.1) is 18.8 Å². The fraction of sp³-hybridized carbons (Fsp3) is 0.682. The quantitative estimate of drug-likeness (QED) is 0.678. The molecule has 1 aromatic rings. The molecule has 0 spiro atoms. The first kappa shape index (κ1) is 21.1. The van der Waals surface area contributed by atoms with Crippen LogP contribution in [0.2, 0.25) is 0 Å². The van der Waals surface area contributed by atoms with Gasteiger partial charge in [-0.2, -0.15) is 0 Å². The predicted octanol–water partition coefficient (Wildman–Crippen LogP) is 1.64. The first-order valence-corrected chi connectivity index (χ1v) is 11.0. The SMILES string of the molecule is Cc1ccc([C@@H](CNC(=O)CCN2C(=O)[C@H]3CCCC[C@H]3C2=O)N2CCOCC2)o1. The molecular weight excluding hydrogens is 386 g/mol. The maximum atomic E-state index is 12.6. The third-order valence-corrected chi connectivity index (χ3v) is 6.56. The van der Waals surface area contributed by atoms with Gasteiger partial charge in [0.05, 0.1) is 31.1 Å². The zero-order valence-corrected chi connectivity index (χ0v) is 17.6. The molecule has 2 aliphatic heterocycles. The molecule has 1 aliphatic carbocycles. The second-order valence-electron chi connectivity index (χ2n) is 8.49. The van der Waals surface area contributed by atoms with E-state index in [1.54, 1.807) is 0 Å². The molecule has 0 radical (unpaired) electrons. The highest BCUT2D eigenvalue weighted by molar-refractivity contribution is 6.05. The van der Waals surface area contributed by atoms with Gasteiger partial charge in [-0.05, 0) is 31.9 Å². The first-order chi connectivity index (χ1) is 14.5. The van der Waals surface area contributed by atoms with Crippen LogP contribution in [0.1, 0.15) is 49.7 Å². The summed E-state index contributed by atoms with van der Waals surface area (Å²) < 4.78 is 11.3. The number of ether oxygens (including phenoxy) is 1. The first-order valence-electron chi connectivity index (χ1n) is 11.0. The molecule has 1 saturated carbocycles. The van der Waals surface area contributed by atoms with Crippen molar-refractivity contribution < 1.29 is 23.5 Å². The number of amides is 3. The van der Waals surface area contributed by atoms with Crippen molar-refractivity contribution in [3.63, 3.8) is 0 Å². The number of aryl methyl sites for hydroxylation is 1. The fourth-order valence-electron chi connectivity index (χ4n) is 4.89. The third kappa shape index (κ3) is 4.44. The summed E-state index contributed by atoms with van der Waals surface area (Å²) in [7, 11) is 0. The molecule has 0 bridgehead atoms. The van der Waals surface area contributed by atoms with E-state index in [9.17, 15) is 14.4 Å². The van der Waals surface area contributed by atoms with E-state index in [1.165, 1.54) is 4.90 Å². The molecule has 0 unspecified atom stereocenters. The van der Waals surface area contributed by atoms with E-state index < -0.39 is 0 Å². The molecule has 164 valence electrons. The Morgan fingerprint density at radius 3 is 2.40 bits per heavy atom. The van der Waals surface area contributed by atoms with Crippen LogP contribution in [0.25, 0.3) is 0 Å². The second kappa shape index (κ2) is 9.31. The number of nitrogens with zero attached hydrogens (tertiary/aromatic N) is 2. The van der Waals surface area contributed by atoms with E-state index in [0.29, 0.717) is 19.8 Å². The molecular formula is C22H31N3O5. The summed E-state index contributed by atoms with van der Waals surface area (Å²) in [4.78, 5) is 41.2. The smallest absolute Gasteiger partial charge is 0.233 e. The van der Waals surface area contributed by atoms with Gasteiger partial charge < -0.3 is 14.5 Å². The molecule has 30 heavy (non-hydrogen) atoms. The van der Waals surface area contributed by atoms with Gasteiger partial charge in [-0.1, -0.05) is 12.8 Å². The highest BCUT2D eigenvalue weighted by atomic mass is 16.5. The Hall–Kier alpha value is -2.19. The number of nitrogens with one attached hydrogen (secondary N) is 1. The minimum absolute atomic E-state index is 0.0653. The number of fused-ring (bicyclic) bond motifs is 1. The predicted molar refractivity (Wildman–Crippen MR) is 108 cm³/mol. The lowest BCUT2D eigenvalue weighted by molar-refractivity contribution is -0.140. The van der Waals surface area contributed by atoms with Crippen LogP contribution in [0.3, 0.4) is 0 Å². The van der Waals surface area contributed by atoms with Crippen LogP contribution in [0.5, 0.6) is 0 Å². The lowest BCUT2D eigenvalue weighted by Crippen LogP contribution is -2.44. The van der Waals surface area contributed by atoms with Crippen LogP contribution in [-0.2, 0) is 19.1 Å². The molecule has 1 aromatic heterocycles. The summed E-state index contributed by atoms with van der Waals surface area (Å²) >= 11 is 0. The molecule has 8 heteroatoms. The van der Waals surface area contributed by atoms with Gasteiger partial charge in [-0.3, -0.25) is 24.2 Å². The van der Waals surface area contributed by atoms with Crippen molar-refractivity contribution in [3.8, 4) is 0 Å². The average Bonchev–Trinajstić information content (AvgIpc) is 3.29. The lowest BCUT2D eigenvalue weighted by Gasteiger charge is -2.33. The number of rotatable bonds is 7. The van der Waals surface area contributed by atoms with E-state index in [4.69, 9.17) is 9.15 Å². The fourth-order valence-corrected chi connectivity index (χ4v) is 4.89. The van der Waals surface area contributed by atoms with E-state index in [0.717, 1.165) is 50.3 Å². The normalized spacial score (nSPS) is 26.0. The lowest BCUT2D eigenvalue weighted by atomic mass is 9.81. The Bertz CT molecular complexity index is 761. The van der Waals surface area contributed by atoms with Crippen molar-refractivity contribution in [2.75, 3.05) is 39.4 Å². The van der Waals surface area contributed by atoms with E-state index >= 15 is 0 Å². The molecule has 1 N–H and O–H groups in total. The van der Waals surface area contributed by atoms with Gasteiger partial charge in [-0.15, -0.1) is 0 Å². The van der Waals surface area contributed by atoms with Crippen molar-refractivity contribution in [1.29, 1.82) is 0 Å². The Balaban J connectivity index is 1.31. The van der Waals surface area contributed by atoms with E-state index in [2.05, 4.69) is 10.2 Å². The monoisotopic (exact) mass is 417 g/mol. The van der Waals surface area contributed by atoms with Crippen molar-refractivity contribution in [2.45, 2.75) is 45.1 Å². The van der Waals surface area contributed by atoms with Gasteiger partial charge in [0.15, 0.2) is 0 Å². The molecule has 3 fully saturated rings. The number of hydrogen-bond acceptors (Lipinski definition) is 6. The summed E-state index contributed by atoms with van der Waals surface area (Å²) in [6.07, 6.45) is 3.72. The van der Waals surface area contributed by atoms with Gasteiger partial charge in [0.2, 0.25) is 17.7 Å². The van der Waals surface area contributed by atoms with Crippen LogP contribution in [0.4, 0.5) is 0 Å². The van der Waals surface area contributed by atoms with Crippen LogP contribution in [0.15, 0.2) is 16.5 Å². The van der Waals surface area contributed by atoms with Gasteiger partial charge in [-0.25, -0.2) is 0 Å². The summed E-state index contributed by atoms with van der Waals surface area (Å²) in [5.74, 6) is 0.992. The van der Waals surface area contributed by atoms with Crippen molar-refractivity contribution in [2.24, 2.45) is 11.8 Å². The van der Waals surface area contributed by atoms with E-state index in [1.807, 2.05) is 19.1 Å². The maximum Gasteiger partial charge on any atom is 0.233 e. The van der Waals surface area contributed by atoms with Gasteiger partial charge in [0, 0.05) is 32.6 Å². The van der Waals surface area contributed by atoms with Crippen LogP contribution < -0.4 is 5.32 Å². The number of carbonyl (C=O) groups excluding carboxylic acids is 3. The Labute approximate surface area is 176 Å². The summed E-state index contributed by atoms with van der Waals surface area (Å²) in [5, 5.41) is 2.97. The Morgan fingerprint density at radius 1 is 1.13 bits per heavy atom.